The van der Waals surface area contributed by atoms with Crippen LogP contribution in [0.5, 0.6) is 0 Å². The van der Waals surface area contributed by atoms with Gasteiger partial charge in [0.15, 0.2) is 0 Å². The van der Waals surface area contributed by atoms with Crippen molar-refractivity contribution >= 4 is 67.2 Å². The second-order valence-electron chi connectivity index (χ2n) is 18.1. The molecular formula is C54H52Br2F6N7O6+. The molecule has 0 N–H and O–H groups in total. The standard InChI is InChI=1S/C54H52Br2F6N7O6/c1-3-74-49(70)45-43(31-55)67(41-13-7-11-39(29-41)53(57,58)59)51(72)65(47(45)37-19-15-35(33-63)16-20-37)23-9-27-69(25-5-6-26-69)28-10-24-66-48(38-21-17-36(34-64)18-22-38)46(50(71)75-4-2)44(32-56)68(52(66)73)42-14-8-12-40(30-42)54(60,61)62/h7-8,11-22,29-30,47-48H,3-6,9-10,23-28,31-32H2,1-2H3/q+1/t47-,48-/m1/s1. The Morgan fingerprint density at radius 3 is 1.32 bits per heavy atom. The summed E-state index contributed by atoms with van der Waals surface area (Å²) in [6.45, 7) is 5.50. The maximum Gasteiger partial charge on any atom is 0.416 e. The molecule has 1 saturated heterocycles. The van der Waals surface area contributed by atoms with Gasteiger partial charge in [0.05, 0.1) is 120 Å². The summed E-state index contributed by atoms with van der Waals surface area (Å²) in [6, 6.07) is 21.7. The maximum atomic E-state index is 15.1. The third-order valence-electron chi connectivity index (χ3n) is 13.6. The number of nitriles is 2. The lowest BCUT2D eigenvalue weighted by atomic mass is 9.91. The average Bonchev–Trinajstić information content (AvgIpc) is 3.87. The van der Waals surface area contributed by atoms with Crippen molar-refractivity contribution in [2.24, 2.45) is 0 Å². The van der Waals surface area contributed by atoms with Gasteiger partial charge >= 0.3 is 36.4 Å². The van der Waals surface area contributed by atoms with Crippen LogP contribution in [0, 0.1) is 22.7 Å². The van der Waals surface area contributed by atoms with E-state index in [0.29, 0.717) is 65.8 Å². The van der Waals surface area contributed by atoms with Crippen molar-refractivity contribution in [3.05, 3.63) is 153 Å². The molecule has 2 atom stereocenters. The van der Waals surface area contributed by atoms with Crippen LogP contribution in [0.2, 0.25) is 0 Å². The predicted molar refractivity (Wildman–Crippen MR) is 273 cm³/mol. The van der Waals surface area contributed by atoms with E-state index in [0.717, 1.165) is 46.9 Å². The zero-order valence-electron chi connectivity index (χ0n) is 40.9. The molecular weight excluding hydrogens is 1120 g/mol. The topological polar surface area (TPSA) is 147 Å². The van der Waals surface area contributed by atoms with Crippen LogP contribution in [0.1, 0.15) is 85.0 Å². The highest BCUT2D eigenvalue weighted by atomic mass is 79.9. The number of urea groups is 2. The Morgan fingerprint density at radius 2 is 1.00 bits per heavy atom. The third-order valence-corrected chi connectivity index (χ3v) is 14.7. The molecule has 4 aromatic rings. The van der Waals surface area contributed by atoms with Crippen molar-refractivity contribution < 1.29 is 59.5 Å². The second-order valence-corrected chi connectivity index (χ2v) is 19.2. The molecule has 75 heavy (non-hydrogen) atoms. The number of carbonyl (C=O) groups is 4. The van der Waals surface area contributed by atoms with Crippen molar-refractivity contribution in [1.82, 2.24) is 9.80 Å². The molecule has 0 radical (unpaired) electrons. The summed E-state index contributed by atoms with van der Waals surface area (Å²) in [7, 11) is 0. The van der Waals surface area contributed by atoms with Crippen molar-refractivity contribution in [3.63, 3.8) is 0 Å². The van der Waals surface area contributed by atoms with E-state index in [4.69, 9.17) is 9.47 Å². The van der Waals surface area contributed by atoms with E-state index in [1.54, 1.807) is 62.4 Å². The fourth-order valence-corrected chi connectivity index (χ4v) is 11.3. The molecule has 394 valence electrons. The zero-order chi connectivity index (χ0) is 54.2. The average molecular weight is 1170 g/mol. The van der Waals surface area contributed by atoms with Gasteiger partial charge in [0.25, 0.3) is 0 Å². The van der Waals surface area contributed by atoms with Crippen LogP contribution in [0.15, 0.2) is 120 Å². The Hall–Kier alpha value is -6.68. The smallest absolute Gasteiger partial charge is 0.416 e. The second kappa shape index (κ2) is 23.9. The summed E-state index contributed by atoms with van der Waals surface area (Å²) >= 11 is 6.83. The zero-order valence-corrected chi connectivity index (χ0v) is 44.1. The number of anilines is 2. The van der Waals surface area contributed by atoms with Crippen LogP contribution in [-0.4, -0.2) is 101 Å². The number of hydrogen-bond acceptors (Lipinski definition) is 8. The Bertz CT molecular complexity index is 2740. The van der Waals surface area contributed by atoms with Crippen molar-refractivity contribution in [2.75, 3.05) is 72.9 Å². The number of esters is 2. The number of allylic oxidation sites excluding steroid dienone is 2. The molecule has 3 aliphatic rings. The molecule has 0 aliphatic carbocycles. The number of benzene rings is 4. The first-order valence-corrected chi connectivity index (χ1v) is 26.4. The van der Waals surface area contributed by atoms with Gasteiger partial charge in [0, 0.05) is 49.4 Å². The Kier molecular flexibility index (Phi) is 17.9. The molecule has 0 saturated carbocycles. The lowest BCUT2D eigenvalue weighted by Crippen LogP contribution is -2.54. The van der Waals surface area contributed by atoms with Crippen LogP contribution in [-0.2, 0) is 31.4 Å². The molecule has 13 nitrogen and oxygen atoms in total. The number of amides is 4. The van der Waals surface area contributed by atoms with Crippen LogP contribution in [0.4, 0.5) is 47.3 Å². The van der Waals surface area contributed by atoms with Crippen molar-refractivity contribution in [3.8, 4) is 12.1 Å². The molecule has 3 aliphatic heterocycles. The first kappa shape index (κ1) is 56.1. The van der Waals surface area contributed by atoms with E-state index < -0.39 is 59.6 Å². The van der Waals surface area contributed by atoms with E-state index in [2.05, 4.69) is 44.0 Å². The number of halogens is 8. The van der Waals surface area contributed by atoms with Gasteiger partial charge in [-0.2, -0.15) is 36.9 Å². The minimum absolute atomic E-state index is 0.0117. The maximum absolute atomic E-state index is 15.1. The van der Waals surface area contributed by atoms with Crippen molar-refractivity contribution in [2.45, 2.75) is 64.0 Å². The molecule has 7 rings (SSSR count). The Balaban J connectivity index is 1.24. The largest absolute Gasteiger partial charge is 0.463 e. The monoisotopic (exact) mass is 1170 g/mol. The fourth-order valence-electron chi connectivity index (χ4n) is 10.2. The van der Waals surface area contributed by atoms with E-state index in [1.807, 2.05) is 0 Å². The first-order valence-electron chi connectivity index (χ1n) is 24.2. The summed E-state index contributed by atoms with van der Waals surface area (Å²) in [5.41, 5.74) is -0.527. The van der Waals surface area contributed by atoms with Crippen LogP contribution in [0.3, 0.4) is 0 Å². The molecule has 0 unspecified atom stereocenters. The SMILES string of the molecule is CCOC(=O)C1=C(CBr)N(c2cccc(C(F)(F)F)c2)C(=O)N(CCC[N+]2(CCCN3C(=O)N(c4cccc(C(F)(F)F)c4)C(CBr)=C(C(=O)OCC)[C@H]3c3ccc(C#N)cc3)CCCC2)[C@@H]1c1ccc(C#N)cc1. The molecule has 3 heterocycles. The highest BCUT2D eigenvalue weighted by Crippen LogP contribution is 2.45. The van der Waals surface area contributed by atoms with E-state index in [9.17, 15) is 46.5 Å². The third kappa shape index (κ3) is 12.1. The number of likely N-dealkylation sites (tertiary alicyclic amines) is 1. The molecule has 21 heteroatoms. The predicted octanol–water partition coefficient (Wildman–Crippen LogP) is 11.9. The summed E-state index contributed by atoms with van der Waals surface area (Å²) in [4.78, 5) is 63.5. The molecule has 4 aromatic carbocycles. The number of quaternary nitrogens is 1. The summed E-state index contributed by atoms with van der Waals surface area (Å²) in [6.07, 6.45) is -7.15. The normalized spacial score (nSPS) is 18.1. The number of rotatable bonds is 18. The summed E-state index contributed by atoms with van der Waals surface area (Å²) < 4.78 is 96.5. The van der Waals surface area contributed by atoms with Gasteiger partial charge in [0.2, 0.25) is 0 Å². The van der Waals surface area contributed by atoms with Gasteiger partial charge < -0.3 is 23.8 Å². The van der Waals surface area contributed by atoms with Crippen molar-refractivity contribution in [1.29, 1.82) is 10.5 Å². The highest BCUT2D eigenvalue weighted by Gasteiger charge is 2.47. The highest BCUT2D eigenvalue weighted by molar-refractivity contribution is 9.09. The number of hydrogen-bond donors (Lipinski definition) is 0. The lowest BCUT2D eigenvalue weighted by molar-refractivity contribution is -0.917. The molecule has 4 amide bonds. The molecule has 1 fully saturated rings. The van der Waals surface area contributed by atoms with Gasteiger partial charge in [-0.1, -0.05) is 68.3 Å². The van der Waals surface area contributed by atoms with Gasteiger partial charge in [-0.3, -0.25) is 9.80 Å². The summed E-state index contributed by atoms with van der Waals surface area (Å²) in [5.74, 6) is -1.58. The first-order chi connectivity index (χ1) is 35.8. The Labute approximate surface area is 447 Å². The molecule has 0 spiro atoms. The van der Waals surface area contributed by atoms with Crippen LogP contribution in [0.25, 0.3) is 0 Å². The minimum atomic E-state index is -4.75. The van der Waals surface area contributed by atoms with E-state index in [1.165, 1.54) is 34.1 Å². The quantitative estimate of drug-likeness (QED) is 0.0414. The van der Waals surface area contributed by atoms with E-state index >= 15 is 9.59 Å². The number of ether oxygens (including phenoxy) is 2. The number of alkyl halides is 8. The fraction of sp³-hybridized carbons (Fsp3) is 0.370. The Morgan fingerprint density at radius 1 is 0.627 bits per heavy atom. The van der Waals surface area contributed by atoms with Gasteiger partial charge in [-0.15, -0.1) is 0 Å². The molecule has 0 aromatic heterocycles. The number of nitrogens with zero attached hydrogens (tertiary/aromatic N) is 7. The van der Waals surface area contributed by atoms with E-state index in [-0.39, 0.29) is 70.9 Å². The molecule has 0 bridgehead atoms. The van der Waals surface area contributed by atoms with Crippen LogP contribution < -0.4 is 9.80 Å². The number of carbonyl (C=O) groups excluding carboxylic acids is 4. The summed E-state index contributed by atoms with van der Waals surface area (Å²) in [5, 5.41) is 19.0. The van der Waals surface area contributed by atoms with Gasteiger partial charge in [-0.25, -0.2) is 19.2 Å². The van der Waals surface area contributed by atoms with Crippen LogP contribution >= 0.6 is 31.9 Å². The lowest BCUT2D eigenvalue weighted by Gasteiger charge is -2.44. The van der Waals surface area contributed by atoms with Gasteiger partial charge in [0.1, 0.15) is 0 Å². The minimum Gasteiger partial charge on any atom is -0.463 e. The van der Waals surface area contributed by atoms with Gasteiger partial charge in [-0.05, 0) is 85.6 Å².